The number of para-hydroxylation sites is 1. The van der Waals surface area contributed by atoms with Crippen molar-refractivity contribution in [3.05, 3.63) is 29.8 Å². The van der Waals surface area contributed by atoms with Gasteiger partial charge in [-0.2, -0.15) is 0 Å². The number of carboxylic acids is 1. The zero-order valence-electron chi connectivity index (χ0n) is 12.5. The molecule has 0 bridgehead atoms. The summed E-state index contributed by atoms with van der Waals surface area (Å²) in [4.78, 5) is 25.5. The van der Waals surface area contributed by atoms with Gasteiger partial charge in [-0.15, -0.1) is 0 Å². The van der Waals surface area contributed by atoms with Crippen LogP contribution in [0.2, 0.25) is 0 Å². The van der Waals surface area contributed by atoms with Gasteiger partial charge in [0.05, 0.1) is 5.92 Å². The summed E-state index contributed by atoms with van der Waals surface area (Å²) in [5.41, 5.74) is 7.39. The van der Waals surface area contributed by atoms with E-state index in [-0.39, 0.29) is 24.3 Å². The number of hydrogen-bond donors (Lipinski definition) is 2. The Labute approximate surface area is 124 Å². The number of nitrogens with zero attached hydrogens (tertiary/aromatic N) is 1. The van der Waals surface area contributed by atoms with Crippen LogP contribution in [0.5, 0.6) is 0 Å². The number of aliphatic carboxylic acids is 1. The first-order valence-corrected chi connectivity index (χ1v) is 7.29. The Morgan fingerprint density at radius 1 is 1.38 bits per heavy atom. The Morgan fingerprint density at radius 2 is 2.05 bits per heavy atom. The molecule has 0 aromatic heterocycles. The van der Waals surface area contributed by atoms with Crippen molar-refractivity contribution in [1.29, 1.82) is 0 Å². The number of hydrogen-bond acceptors (Lipinski definition) is 3. The topological polar surface area (TPSA) is 83.6 Å². The average molecular weight is 290 g/mol. The SMILES string of the molecule is CC(C)C(N)CC(=O)N1CCC(C(=O)O)c2ccccc21. The molecule has 0 fully saturated rings. The highest BCUT2D eigenvalue weighted by Gasteiger charge is 2.32. The zero-order chi connectivity index (χ0) is 15.6. The lowest BCUT2D eigenvalue weighted by atomic mass is 9.89. The molecule has 0 aliphatic carbocycles. The van der Waals surface area contributed by atoms with Gasteiger partial charge in [0.15, 0.2) is 0 Å². The zero-order valence-corrected chi connectivity index (χ0v) is 12.5. The van der Waals surface area contributed by atoms with E-state index in [1.54, 1.807) is 11.0 Å². The molecule has 2 rings (SSSR count). The molecule has 3 N–H and O–H groups in total. The van der Waals surface area contributed by atoms with E-state index in [1.165, 1.54) is 0 Å². The van der Waals surface area contributed by atoms with Crippen LogP contribution in [0, 0.1) is 5.92 Å². The molecule has 1 aromatic carbocycles. The van der Waals surface area contributed by atoms with Gasteiger partial charge in [-0.05, 0) is 24.0 Å². The number of carbonyl (C=O) groups excluding carboxylic acids is 1. The molecule has 21 heavy (non-hydrogen) atoms. The quantitative estimate of drug-likeness (QED) is 0.888. The number of carbonyl (C=O) groups is 2. The maximum absolute atomic E-state index is 12.5. The van der Waals surface area contributed by atoms with Crippen LogP contribution in [-0.2, 0) is 9.59 Å². The van der Waals surface area contributed by atoms with Gasteiger partial charge in [0.25, 0.3) is 0 Å². The van der Waals surface area contributed by atoms with Crippen LogP contribution in [-0.4, -0.2) is 29.6 Å². The minimum atomic E-state index is -0.839. The summed E-state index contributed by atoms with van der Waals surface area (Å²) >= 11 is 0. The van der Waals surface area contributed by atoms with Crippen molar-refractivity contribution >= 4 is 17.6 Å². The summed E-state index contributed by atoms with van der Waals surface area (Å²) in [5, 5.41) is 9.30. The Hall–Kier alpha value is -1.88. The number of amides is 1. The molecule has 1 aromatic rings. The summed E-state index contributed by atoms with van der Waals surface area (Å²) in [6.07, 6.45) is 0.721. The van der Waals surface area contributed by atoms with Crippen LogP contribution in [0.1, 0.15) is 38.2 Å². The van der Waals surface area contributed by atoms with Crippen molar-refractivity contribution in [2.45, 2.75) is 38.6 Å². The fourth-order valence-corrected chi connectivity index (χ4v) is 2.63. The average Bonchev–Trinajstić information content (AvgIpc) is 2.45. The molecule has 0 saturated heterocycles. The van der Waals surface area contributed by atoms with Crippen LogP contribution in [0.3, 0.4) is 0 Å². The summed E-state index contributed by atoms with van der Waals surface area (Å²) in [6.45, 7) is 4.41. The van der Waals surface area contributed by atoms with Gasteiger partial charge < -0.3 is 15.7 Å². The van der Waals surface area contributed by atoms with Gasteiger partial charge >= 0.3 is 5.97 Å². The van der Waals surface area contributed by atoms with E-state index in [4.69, 9.17) is 5.73 Å². The second-order valence-electron chi connectivity index (χ2n) is 5.90. The van der Waals surface area contributed by atoms with Crippen LogP contribution in [0.25, 0.3) is 0 Å². The van der Waals surface area contributed by atoms with Gasteiger partial charge in [-0.1, -0.05) is 32.0 Å². The van der Waals surface area contributed by atoms with Gasteiger partial charge in [-0.3, -0.25) is 9.59 Å². The van der Waals surface area contributed by atoms with E-state index >= 15 is 0 Å². The molecule has 0 radical (unpaired) electrons. The summed E-state index contributed by atoms with van der Waals surface area (Å²) in [5.74, 6) is -1.18. The first-order valence-electron chi connectivity index (χ1n) is 7.29. The first-order chi connectivity index (χ1) is 9.91. The molecule has 0 spiro atoms. The standard InChI is InChI=1S/C16H22N2O3/c1-10(2)13(17)9-15(19)18-8-7-12(16(20)21)11-5-3-4-6-14(11)18/h3-6,10,12-13H,7-9,17H2,1-2H3,(H,20,21). The fourth-order valence-electron chi connectivity index (χ4n) is 2.63. The Balaban J connectivity index is 2.25. The predicted octanol–water partition coefficient (Wildman–Crippen LogP) is 1.96. The monoisotopic (exact) mass is 290 g/mol. The van der Waals surface area contributed by atoms with Crippen LogP contribution in [0.15, 0.2) is 24.3 Å². The van der Waals surface area contributed by atoms with Gasteiger partial charge in [0.1, 0.15) is 0 Å². The van der Waals surface area contributed by atoms with Crippen molar-refractivity contribution in [3.63, 3.8) is 0 Å². The molecule has 5 nitrogen and oxygen atoms in total. The van der Waals surface area contributed by atoms with Crippen LogP contribution < -0.4 is 10.6 Å². The molecular formula is C16H22N2O3. The van der Waals surface area contributed by atoms with E-state index < -0.39 is 11.9 Å². The summed E-state index contributed by atoms with van der Waals surface area (Å²) in [6, 6.07) is 7.05. The van der Waals surface area contributed by atoms with Crippen molar-refractivity contribution < 1.29 is 14.7 Å². The molecule has 114 valence electrons. The number of nitrogens with two attached hydrogens (primary N) is 1. The van der Waals surface area contributed by atoms with Gasteiger partial charge in [0, 0.05) is 24.7 Å². The number of rotatable bonds is 4. The summed E-state index contributed by atoms with van der Waals surface area (Å²) in [7, 11) is 0. The molecule has 0 saturated carbocycles. The van der Waals surface area contributed by atoms with E-state index in [1.807, 2.05) is 32.0 Å². The predicted molar refractivity (Wildman–Crippen MR) is 81.2 cm³/mol. The third-order valence-electron chi connectivity index (χ3n) is 4.11. The highest BCUT2D eigenvalue weighted by atomic mass is 16.4. The highest BCUT2D eigenvalue weighted by molar-refractivity contribution is 5.96. The lowest BCUT2D eigenvalue weighted by Crippen LogP contribution is -2.41. The lowest BCUT2D eigenvalue weighted by Gasteiger charge is -2.33. The molecule has 2 atom stereocenters. The fraction of sp³-hybridized carbons (Fsp3) is 0.500. The second-order valence-corrected chi connectivity index (χ2v) is 5.90. The number of fused-ring (bicyclic) bond motifs is 1. The Bertz CT molecular complexity index is 542. The molecule has 1 heterocycles. The van der Waals surface area contributed by atoms with E-state index in [0.717, 1.165) is 0 Å². The first kappa shape index (κ1) is 15.5. The minimum Gasteiger partial charge on any atom is -0.481 e. The van der Waals surface area contributed by atoms with Crippen molar-refractivity contribution in [3.8, 4) is 0 Å². The van der Waals surface area contributed by atoms with Crippen molar-refractivity contribution in [1.82, 2.24) is 0 Å². The molecule has 5 heteroatoms. The van der Waals surface area contributed by atoms with Crippen molar-refractivity contribution in [2.24, 2.45) is 11.7 Å². The third-order valence-corrected chi connectivity index (χ3v) is 4.11. The van der Waals surface area contributed by atoms with E-state index in [0.29, 0.717) is 24.2 Å². The number of anilines is 1. The molecule has 1 amide bonds. The molecular weight excluding hydrogens is 268 g/mol. The Morgan fingerprint density at radius 3 is 2.67 bits per heavy atom. The van der Waals surface area contributed by atoms with E-state index in [9.17, 15) is 14.7 Å². The van der Waals surface area contributed by atoms with Gasteiger partial charge in [0.2, 0.25) is 5.91 Å². The van der Waals surface area contributed by atoms with E-state index in [2.05, 4.69) is 0 Å². The Kier molecular flexibility index (Phi) is 4.63. The summed E-state index contributed by atoms with van der Waals surface area (Å²) < 4.78 is 0. The molecule has 1 aliphatic rings. The maximum Gasteiger partial charge on any atom is 0.311 e. The van der Waals surface area contributed by atoms with Crippen LogP contribution >= 0.6 is 0 Å². The number of carboxylic acid groups (broad SMARTS) is 1. The van der Waals surface area contributed by atoms with Crippen molar-refractivity contribution in [2.75, 3.05) is 11.4 Å². The lowest BCUT2D eigenvalue weighted by molar-refractivity contribution is -0.139. The molecule has 2 unspecified atom stereocenters. The second kappa shape index (κ2) is 6.26. The number of benzene rings is 1. The third kappa shape index (κ3) is 3.24. The molecule has 1 aliphatic heterocycles. The van der Waals surface area contributed by atoms with Crippen LogP contribution in [0.4, 0.5) is 5.69 Å². The highest BCUT2D eigenvalue weighted by Crippen LogP contribution is 2.35. The van der Waals surface area contributed by atoms with Gasteiger partial charge in [-0.25, -0.2) is 0 Å². The minimum absolute atomic E-state index is 0.0347. The largest absolute Gasteiger partial charge is 0.481 e. The normalized spacial score (nSPS) is 19.2. The maximum atomic E-state index is 12.5. The smallest absolute Gasteiger partial charge is 0.311 e.